The fraction of sp³-hybridized carbons (Fsp3) is 0.192. The van der Waals surface area contributed by atoms with Crippen molar-refractivity contribution in [2.75, 3.05) is 10.6 Å². The molecule has 0 fully saturated rings. The molecule has 4 rings (SSSR count). The fourth-order valence-electron chi connectivity index (χ4n) is 3.34. The second-order valence-electron chi connectivity index (χ2n) is 8.20. The molecular weight excluding hydrogens is 449 g/mol. The molecule has 2 N–H and O–H groups in total. The number of halogens is 1. The smallest absolute Gasteiger partial charge is 0.274 e. The van der Waals surface area contributed by atoms with Crippen LogP contribution >= 0.6 is 0 Å². The van der Waals surface area contributed by atoms with Crippen molar-refractivity contribution in [3.05, 3.63) is 89.8 Å². The maximum Gasteiger partial charge on any atom is 0.274 e. The average molecular weight is 474 g/mol. The highest BCUT2D eigenvalue weighted by molar-refractivity contribution is 6.06. The van der Waals surface area contributed by atoms with Crippen LogP contribution in [0.3, 0.4) is 0 Å². The number of aromatic nitrogens is 3. The molecule has 0 radical (unpaired) electrons. The highest BCUT2D eigenvalue weighted by Crippen LogP contribution is 2.24. The summed E-state index contributed by atoms with van der Waals surface area (Å²) in [5.41, 5.74) is 2.61. The Labute approximate surface area is 201 Å². The molecule has 2 aromatic heterocycles. The molecule has 178 valence electrons. The number of carbonyl (C=O) groups excluding carboxylic acids is 2. The third-order valence-corrected chi connectivity index (χ3v) is 5.27. The van der Waals surface area contributed by atoms with E-state index in [0.717, 1.165) is 11.6 Å². The zero-order chi connectivity index (χ0) is 24.8. The van der Waals surface area contributed by atoms with E-state index >= 15 is 0 Å². The Bertz CT molecular complexity index is 1320. The fourth-order valence-corrected chi connectivity index (χ4v) is 3.34. The molecule has 2 heterocycles. The van der Waals surface area contributed by atoms with E-state index in [1.165, 1.54) is 23.9 Å². The van der Waals surface area contributed by atoms with Gasteiger partial charge in [-0.2, -0.15) is 4.98 Å². The molecule has 9 heteroatoms. The van der Waals surface area contributed by atoms with E-state index in [2.05, 4.69) is 39.6 Å². The Balaban J connectivity index is 1.38. The van der Waals surface area contributed by atoms with Crippen LogP contribution < -0.4 is 10.6 Å². The van der Waals surface area contributed by atoms with E-state index in [0.29, 0.717) is 17.6 Å². The topological polar surface area (TPSA) is 110 Å². The lowest BCUT2D eigenvalue weighted by atomic mass is 10.0. The second kappa shape index (κ2) is 10.7. The third-order valence-electron chi connectivity index (χ3n) is 5.27. The quantitative estimate of drug-likeness (QED) is 0.363. The number of anilines is 2. The zero-order valence-electron chi connectivity index (χ0n) is 19.3. The van der Waals surface area contributed by atoms with Crippen molar-refractivity contribution >= 4 is 23.2 Å². The Morgan fingerprint density at radius 3 is 2.51 bits per heavy atom. The number of carbonyl (C=O) groups is 2. The van der Waals surface area contributed by atoms with E-state index in [1.807, 2.05) is 24.3 Å². The SMILES string of the molecule is CC(C)c1ccc(-c2noc(CCC(=O)Nc3cc(F)ccc3NC(=O)c3ccccn3)n2)cc1. The van der Waals surface area contributed by atoms with Gasteiger partial charge in [-0.1, -0.05) is 49.3 Å². The predicted octanol–water partition coefficient (Wildman–Crippen LogP) is 5.22. The summed E-state index contributed by atoms with van der Waals surface area (Å²) in [6.07, 6.45) is 1.72. The summed E-state index contributed by atoms with van der Waals surface area (Å²) in [4.78, 5) is 33.3. The normalized spacial score (nSPS) is 10.9. The Kier molecular flexibility index (Phi) is 7.25. The predicted molar refractivity (Wildman–Crippen MR) is 129 cm³/mol. The van der Waals surface area contributed by atoms with Crippen LogP contribution in [0, 0.1) is 5.82 Å². The van der Waals surface area contributed by atoms with Crippen molar-refractivity contribution in [3.8, 4) is 11.4 Å². The summed E-state index contributed by atoms with van der Waals surface area (Å²) >= 11 is 0. The molecule has 0 aliphatic rings. The number of amides is 2. The first-order chi connectivity index (χ1) is 16.9. The van der Waals surface area contributed by atoms with Crippen LogP contribution in [0.5, 0.6) is 0 Å². The van der Waals surface area contributed by atoms with Crippen molar-refractivity contribution in [3.63, 3.8) is 0 Å². The molecule has 4 aromatic rings. The van der Waals surface area contributed by atoms with Gasteiger partial charge in [-0.15, -0.1) is 0 Å². The summed E-state index contributed by atoms with van der Waals surface area (Å²) in [7, 11) is 0. The molecule has 0 spiro atoms. The van der Waals surface area contributed by atoms with Gasteiger partial charge in [-0.05, 0) is 41.8 Å². The lowest BCUT2D eigenvalue weighted by molar-refractivity contribution is -0.116. The van der Waals surface area contributed by atoms with Gasteiger partial charge in [0.2, 0.25) is 17.6 Å². The minimum absolute atomic E-state index is 0.0259. The van der Waals surface area contributed by atoms with Crippen molar-refractivity contribution in [2.45, 2.75) is 32.6 Å². The van der Waals surface area contributed by atoms with Gasteiger partial charge < -0.3 is 15.2 Å². The first-order valence-electron chi connectivity index (χ1n) is 11.1. The van der Waals surface area contributed by atoms with Crippen LogP contribution in [0.4, 0.5) is 15.8 Å². The number of benzene rings is 2. The van der Waals surface area contributed by atoms with Crippen LogP contribution in [0.2, 0.25) is 0 Å². The van der Waals surface area contributed by atoms with Crippen LogP contribution in [0.1, 0.15) is 48.1 Å². The molecule has 0 aliphatic carbocycles. The van der Waals surface area contributed by atoms with Crippen molar-refractivity contribution in [1.82, 2.24) is 15.1 Å². The molecule has 0 unspecified atom stereocenters. The minimum Gasteiger partial charge on any atom is -0.339 e. The first-order valence-corrected chi connectivity index (χ1v) is 11.1. The van der Waals surface area contributed by atoms with Gasteiger partial charge in [0.1, 0.15) is 11.5 Å². The number of aryl methyl sites for hydroxylation is 1. The maximum atomic E-state index is 13.8. The number of hydrogen-bond acceptors (Lipinski definition) is 6. The van der Waals surface area contributed by atoms with Crippen molar-refractivity contribution in [1.29, 1.82) is 0 Å². The molecular formula is C26H24FN5O3. The Hall–Kier alpha value is -4.40. The molecule has 8 nitrogen and oxygen atoms in total. The van der Waals surface area contributed by atoms with Crippen LogP contribution in [0.15, 0.2) is 71.4 Å². The number of nitrogens with one attached hydrogen (secondary N) is 2. The van der Waals surface area contributed by atoms with E-state index in [4.69, 9.17) is 4.52 Å². The summed E-state index contributed by atoms with van der Waals surface area (Å²) in [6.45, 7) is 4.24. The number of rotatable bonds is 8. The third kappa shape index (κ3) is 6.14. The van der Waals surface area contributed by atoms with Gasteiger partial charge >= 0.3 is 0 Å². The summed E-state index contributed by atoms with van der Waals surface area (Å²) in [5.74, 6) is -0.254. The van der Waals surface area contributed by atoms with Crippen LogP contribution in [-0.2, 0) is 11.2 Å². The molecule has 2 amide bonds. The lowest BCUT2D eigenvalue weighted by Crippen LogP contribution is -2.18. The zero-order valence-corrected chi connectivity index (χ0v) is 19.3. The van der Waals surface area contributed by atoms with E-state index in [-0.39, 0.29) is 29.9 Å². The summed E-state index contributed by atoms with van der Waals surface area (Å²) in [6, 6.07) is 16.5. The Morgan fingerprint density at radius 2 is 1.80 bits per heavy atom. The lowest BCUT2D eigenvalue weighted by Gasteiger charge is -2.12. The maximum absolute atomic E-state index is 13.8. The number of pyridine rings is 1. The minimum atomic E-state index is -0.554. The highest BCUT2D eigenvalue weighted by atomic mass is 19.1. The molecule has 0 saturated heterocycles. The second-order valence-corrected chi connectivity index (χ2v) is 8.20. The number of nitrogens with zero attached hydrogens (tertiary/aromatic N) is 3. The number of hydrogen-bond donors (Lipinski definition) is 2. The molecule has 2 aromatic carbocycles. The first kappa shape index (κ1) is 23.7. The largest absolute Gasteiger partial charge is 0.339 e. The van der Waals surface area contributed by atoms with Gasteiger partial charge in [0.25, 0.3) is 5.91 Å². The van der Waals surface area contributed by atoms with Crippen LogP contribution in [0.25, 0.3) is 11.4 Å². The molecule has 0 atom stereocenters. The van der Waals surface area contributed by atoms with Gasteiger partial charge in [0, 0.05) is 24.6 Å². The van der Waals surface area contributed by atoms with E-state index in [1.54, 1.807) is 18.2 Å². The van der Waals surface area contributed by atoms with Crippen molar-refractivity contribution in [2.24, 2.45) is 0 Å². The molecule has 0 saturated carbocycles. The monoisotopic (exact) mass is 473 g/mol. The van der Waals surface area contributed by atoms with Gasteiger partial charge in [0.05, 0.1) is 11.4 Å². The van der Waals surface area contributed by atoms with Gasteiger partial charge in [0.15, 0.2) is 0 Å². The Morgan fingerprint density at radius 1 is 1.00 bits per heavy atom. The standard InChI is InChI=1S/C26H24FN5O3/c1-16(2)17-6-8-18(9-7-17)25-31-24(35-32-25)13-12-23(33)29-22-15-19(27)10-11-20(22)30-26(34)21-5-3-4-14-28-21/h3-11,14-16H,12-13H2,1-2H3,(H,29,33)(H,30,34). The highest BCUT2D eigenvalue weighted by Gasteiger charge is 2.15. The van der Waals surface area contributed by atoms with E-state index < -0.39 is 17.6 Å². The summed E-state index contributed by atoms with van der Waals surface area (Å²) in [5, 5.41) is 9.26. The van der Waals surface area contributed by atoms with Crippen LogP contribution in [-0.4, -0.2) is 26.9 Å². The summed E-state index contributed by atoms with van der Waals surface area (Å²) < 4.78 is 19.1. The van der Waals surface area contributed by atoms with Gasteiger partial charge in [-0.25, -0.2) is 4.39 Å². The molecule has 0 aliphatic heterocycles. The van der Waals surface area contributed by atoms with Crippen molar-refractivity contribution < 1.29 is 18.5 Å². The van der Waals surface area contributed by atoms with Gasteiger partial charge in [-0.3, -0.25) is 14.6 Å². The van der Waals surface area contributed by atoms with E-state index in [9.17, 15) is 14.0 Å². The average Bonchev–Trinajstić information content (AvgIpc) is 3.34. The molecule has 0 bridgehead atoms. The molecule has 35 heavy (non-hydrogen) atoms.